The SMILES string of the molecule is Cl.O=C(Nc1ccc2c(c1F)CCNC2)c1ccc(N2CCCC2)c([N+](=O)[O-])c1. The first-order valence-electron chi connectivity index (χ1n) is 9.40. The summed E-state index contributed by atoms with van der Waals surface area (Å²) < 4.78 is 14.7. The Bertz CT molecular complexity index is 948. The lowest BCUT2D eigenvalue weighted by Gasteiger charge is -2.20. The molecule has 2 aromatic carbocycles. The molecule has 2 aliphatic rings. The van der Waals surface area contributed by atoms with Crippen LogP contribution in [0.25, 0.3) is 0 Å². The number of nitrogens with one attached hydrogen (secondary N) is 2. The van der Waals surface area contributed by atoms with E-state index in [-0.39, 0.29) is 29.3 Å². The second-order valence-corrected chi connectivity index (χ2v) is 7.10. The standard InChI is InChI=1S/C20H21FN4O3.ClH/c21-19-15-7-8-22-12-14(15)3-5-16(19)23-20(26)13-4-6-17(18(11-13)25(27)28)24-9-1-2-10-24;/h3-6,11,22H,1-2,7-10,12H2,(H,23,26);1H. The molecule has 4 rings (SSSR count). The van der Waals surface area contributed by atoms with Crippen molar-refractivity contribution < 1.29 is 14.1 Å². The summed E-state index contributed by atoms with van der Waals surface area (Å²) in [7, 11) is 0. The number of hydrogen-bond acceptors (Lipinski definition) is 5. The molecule has 1 amide bonds. The van der Waals surface area contributed by atoms with E-state index in [9.17, 15) is 19.3 Å². The number of halogens is 2. The van der Waals surface area contributed by atoms with E-state index in [1.807, 2.05) is 4.90 Å². The predicted octanol–water partition coefficient (Wildman–Crippen LogP) is 3.65. The largest absolute Gasteiger partial charge is 0.366 e. The molecular weight excluding hydrogens is 399 g/mol. The molecular formula is C20H22ClFN4O3. The zero-order valence-electron chi connectivity index (χ0n) is 15.7. The molecule has 2 N–H and O–H groups in total. The lowest BCUT2D eigenvalue weighted by atomic mass is 9.99. The number of carbonyl (C=O) groups is 1. The summed E-state index contributed by atoms with van der Waals surface area (Å²) in [6, 6.07) is 7.75. The first kappa shape index (κ1) is 21.0. The van der Waals surface area contributed by atoms with Gasteiger partial charge >= 0.3 is 0 Å². The maximum atomic E-state index is 14.7. The van der Waals surface area contributed by atoms with Crippen LogP contribution in [0.1, 0.15) is 34.3 Å². The number of hydrogen-bond donors (Lipinski definition) is 2. The molecule has 7 nitrogen and oxygen atoms in total. The van der Waals surface area contributed by atoms with Crippen molar-refractivity contribution in [2.24, 2.45) is 0 Å². The number of anilines is 2. The molecule has 2 aromatic rings. The molecule has 1 saturated heterocycles. The minimum absolute atomic E-state index is 0. The summed E-state index contributed by atoms with van der Waals surface area (Å²) in [6.45, 7) is 2.82. The topological polar surface area (TPSA) is 87.5 Å². The van der Waals surface area contributed by atoms with Gasteiger partial charge in [-0.2, -0.15) is 0 Å². The minimum atomic E-state index is -0.566. The lowest BCUT2D eigenvalue weighted by molar-refractivity contribution is -0.384. The van der Waals surface area contributed by atoms with Crippen LogP contribution in [0, 0.1) is 15.9 Å². The number of amides is 1. The van der Waals surface area contributed by atoms with E-state index in [4.69, 9.17) is 0 Å². The highest BCUT2D eigenvalue weighted by atomic mass is 35.5. The molecule has 0 spiro atoms. The molecule has 9 heteroatoms. The van der Waals surface area contributed by atoms with Crippen molar-refractivity contribution in [3.05, 3.63) is 63.0 Å². The number of carbonyl (C=O) groups excluding carboxylic acids is 1. The van der Waals surface area contributed by atoms with E-state index in [1.165, 1.54) is 12.1 Å². The van der Waals surface area contributed by atoms with Crippen LogP contribution >= 0.6 is 12.4 Å². The van der Waals surface area contributed by atoms with Gasteiger partial charge in [0.1, 0.15) is 11.5 Å². The molecule has 0 aliphatic carbocycles. The molecule has 2 heterocycles. The van der Waals surface area contributed by atoms with Crippen molar-refractivity contribution in [1.82, 2.24) is 5.32 Å². The maximum absolute atomic E-state index is 14.7. The van der Waals surface area contributed by atoms with Crippen LogP contribution < -0.4 is 15.5 Å². The first-order valence-corrected chi connectivity index (χ1v) is 9.40. The highest BCUT2D eigenvalue weighted by Gasteiger charge is 2.24. The Morgan fingerprint density at radius 1 is 1.21 bits per heavy atom. The van der Waals surface area contributed by atoms with E-state index in [0.717, 1.165) is 31.5 Å². The molecule has 29 heavy (non-hydrogen) atoms. The Kier molecular flexibility index (Phi) is 6.34. The Morgan fingerprint density at radius 2 is 1.97 bits per heavy atom. The van der Waals surface area contributed by atoms with Gasteiger partial charge in [-0.15, -0.1) is 12.4 Å². The van der Waals surface area contributed by atoms with Crippen molar-refractivity contribution in [2.45, 2.75) is 25.8 Å². The van der Waals surface area contributed by atoms with Gasteiger partial charge < -0.3 is 15.5 Å². The van der Waals surface area contributed by atoms with Crippen molar-refractivity contribution in [3.8, 4) is 0 Å². The number of fused-ring (bicyclic) bond motifs is 1. The van der Waals surface area contributed by atoms with Crippen LogP contribution in [-0.2, 0) is 13.0 Å². The van der Waals surface area contributed by atoms with Crippen LogP contribution in [0.5, 0.6) is 0 Å². The van der Waals surface area contributed by atoms with Gasteiger partial charge in [0.05, 0.1) is 10.6 Å². The Labute approximate surface area is 173 Å². The van der Waals surface area contributed by atoms with E-state index in [1.54, 1.807) is 18.2 Å². The Morgan fingerprint density at radius 3 is 2.69 bits per heavy atom. The number of benzene rings is 2. The molecule has 0 radical (unpaired) electrons. The van der Waals surface area contributed by atoms with Gasteiger partial charge in [-0.05, 0) is 55.1 Å². The summed E-state index contributed by atoms with van der Waals surface area (Å²) in [5, 5.41) is 17.2. The average molecular weight is 421 g/mol. The summed E-state index contributed by atoms with van der Waals surface area (Å²) in [5.41, 5.74) is 2.13. The van der Waals surface area contributed by atoms with E-state index >= 15 is 0 Å². The normalized spacial score (nSPS) is 15.4. The van der Waals surface area contributed by atoms with Gasteiger partial charge in [0.2, 0.25) is 0 Å². The van der Waals surface area contributed by atoms with Crippen LogP contribution in [0.2, 0.25) is 0 Å². The highest BCUT2D eigenvalue weighted by molar-refractivity contribution is 6.05. The van der Waals surface area contributed by atoms with E-state index < -0.39 is 16.6 Å². The second-order valence-electron chi connectivity index (χ2n) is 7.10. The number of rotatable bonds is 4. The summed E-state index contributed by atoms with van der Waals surface area (Å²) in [5.74, 6) is -1.00. The Balaban J connectivity index is 0.00000240. The smallest absolute Gasteiger partial charge is 0.293 e. The fourth-order valence-corrected chi connectivity index (χ4v) is 3.86. The molecule has 0 aromatic heterocycles. The predicted molar refractivity (Wildman–Crippen MR) is 112 cm³/mol. The van der Waals surface area contributed by atoms with Gasteiger partial charge in [-0.3, -0.25) is 14.9 Å². The first-order chi connectivity index (χ1) is 13.5. The molecule has 0 unspecified atom stereocenters. The molecule has 154 valence electrons. The molecule has 0 bridgehead atoms. The van der Waals surface area contributed by atoms with Gasteiger partial charge in [-0.25, -0.2) is 4.39 Å². The lowest BCUT2D eigenvalue weighted by Crippen LogP contribution is -2.25. The van der Waals surface area contributed by atoms with Crippen LogP contribution in [-0.4, -0.2) is 30.5 Å². The Hall–Kier alpha value is -2.71. The number of nitro benzene ring substituents is 1. The molecule has 0 saturated carbocycles. The second kappa shape index (κ2) is 8.75. The van der Waals surface area contributed by atoms with Gasteiger partial charge in [0, 0.05) is 31.3 Å². The fourth-order valence-electron chi connectivity index (χ4n) is 3.86. The summed E-state index contributed by atoms with van der Waals surface area (Å²) >= 11 is 0. The van der Waals surface area contributed by atoms with Gasteiger partial charge in [0.15, 0.2) is 0 Å². The molecule has 1 fully saturated rings. The van der Waals surface area contributed by atoms with Gasteiger partial charge in [-0.1, -0.05) is 6.07 Å². The third-order valence-corrected chi connectivity index (χ3v) is 5.34. The molecule has 2 aliphatic heterocycles. The third kappa shape index (κ3) is 4.18. The number of nitro groups is 1. The average Bonchev–Trinajstić information content (AvgIpc) is 3.24. The summed E-state index contributed by atoms with van der Waals surface area (Å²) in [4.78, 5) is 25.6. The number of nitrogens with zero attached hydrogens (tertiary/aromatic N) is 2. The third-order valence-electron chi connectivity index (χ3n) is 5.34. The van der Waals surface area contributed by atoms with Crippen molar-refractivity contribution in [2.75, 3.05) is 29.9 Å². The van der Waals surface area contributed by atoms with E-state index in [2.05, 4.69) is 10.6 Å². The van der Waals surface area contributed by atoms with Crippen molar-refractivity contribution in [1.29, 1.82) is 0 Å². The van der Waals surface area contributed by atoms with Gasteiger partial charge in [0.25, 0.3) is 11.6 Å². The monoisotopic (exact) mass is 420 g/mol. The zero-order valence-corrected chi connectivity index (χ0v) is 16.6. The van der Waals surface area contributed by atoms with Crippen LogP contribution in [0.15, 0.2) is 30.3 Å². The van der Waals surface area contributed by atoms with Crippen molar-refractivity contribution >= 4 is 35.4 Å². The quantitative estimate of drug-likeness (QED) is 0.582. The maximum Gasteiger partial charge on any atom is 0.293 e. The van der Waals surface area contributed by atoms with Crippen LogP contribution in [0.3, 0.4) is 0 Å². The van der Waals surface area contributed by atoms with Crippen molar-refractivity contribution in [3.63, 3.8) is 0 Å². The highest BCUT2D eigenvalue weighted by Crippen LogP contribution is 2.32. The van der Waals surface area contributed by atoms with Crippen LogP contribution in [0.4, 0.5) is 21.5 Å². The summed E-state index contributed by atoms with van der Waals surface area (Å²) in [6.07, 6.45) is 2.54. The molecule has 0 atom stereocenters. The zero-order chi connectivity index (χ0) is 19.7. The van der Waals surface area contributed by atoms with E-state index in [0.29, 0.717) is 30.8 Å². The minimum Gasteiger partial charge on any atom is -0.366 e. The fraction of sp³-hybridized carbons (Fsp3) is 0.350.